The first-order valence-electron chi connectivity index (χ1n) is 6.17. The minimum Gasteiger partial charge on any atom is -0.489 e. The molecule has 0 saturated heterocycles. The molecular formula is C14H10BrClF3N3O. The van der Waals surface area contributed by atoms with Gasteiger partial charge in [-0.2, -0.15) is 13.2 Å². The van der Waals surface area contributed by atoms with E-state index in [1.165, 1.54) is 22.9 Å². The van der Waals surface area contributed by atoms with Gasteiger partial charge in [0.05, 0.1) is 16.9 Å². The summed E-state index contributed by atoms with van der Waals surface area (Å²) >= 11 is 8.81. The number of rotatable bonds is 4. The van der Waals surface area contributed by atoms with Crippen molar-refractivity contribution in [2.24, 2.45) is 0 Å². The summed E-state index contributed by atoms with van der Waals surface area (Å²) in [6, 6.07) is 4.75. The van der Waals surface area contributed by atoms with Gasteiger partial charge in [-0.25, -0.2) is 0 Å². The highest BCUT2D eigenvalue weighted by molar-refractivity contribution is 9.10. The lowest BCUT2D eigenvalue weighted by Crippen LogP contribution is -2.19. The van der Waals surface area contributed by atoms with Gasteiger partial charge in [0.25, 0.3) is 0 Å². The van der Waals surface area contributed by atoms with Crippen LogP contribution in [0.4, 0.5) is 13.2 Å². The molecule has 1 heterocycles. The van der Waals surface area contributed by atoms with Gasteiger partial charge >= 0.3 is 6.18 Å². The summed E-state index contributed by atoms with van der Waals surface area (Å²) in [4.78, 5) is 0. The summed E-state index contributed by atoms with van der Waals surface area (Å²) in [5, 5.41) is 14.4. The van der Waals surface area contributed by atoms with Crippen LogP contribution in [0.15, 0.2) is 34.9 Å². The van der Waals surface area contributed by atoms with E-state index in [-0.39, 0.29) is 17.8 Å². The van der Waals surface area contributed by atoms with E-state index >= 15 is 0 Å². The second-order valence-electron chi connectivity index (χ2n) is 4.50. The Kier molecular flexibility index (Phi) is 5.16. The molecule has 1 aromatic heterocycles. The number of hydrogen-bond donors (Lipinski definition) is 2. The fraction of sp³-hybridized carbons (Fsp3) is 0.143. The van der Waals surface area contributed by atoms with Crippen LogP contribution >= 0.6 is 27.5 Å². The lowest BCUT2D eigenvalue weighted by molar-refractivity contribution is -0.137. The van der Waals surface area contributed by atoms with E-state index in [9.17, 15) is 13.2 Å². The Morgan fingerprint density at radius 1 is 1.30 bits per heavy atom. The van der Waals surface area contributed by atoms with Gasteiger partial charge in [-0.3, -0.25) is 15.4 Å². The summed E-state index contributed by atoms with van der Waals surface area (Å²) in [5.41, 5.74) is -0.350. The molecule has 0 unspecified atom stereocenters. The van der Waals surface area contributed by atoms with E-state index < -0.39 is 16.8 Å². The van der Waals surface area contributed by atoms with Gasteiger partial charge in [0.2, 0.25) is 0 Å². The van der Waals surface area contributed by atoms with E-state index in [1.807, 2.05) is 0 Å². The minimum absolute atomic E-state index is 0.0175. The fourth-order valence-electron chi connectivity index (χ4n) is 1.77. The summed E-state index contributed by atoms with van der Waals surface area (Å²) in [6.07, 6.45) is -2.10. The highest BCUT2D eigenvalue weighted by Crippen LogP contribution is 2.36. The van der Waals surface area contributed by atoms with Crippen LogP contribution < -0.4 is 10.2 Å². The molecule has 0 aliphatic rings. The third kappa shape index (κ3) is 4.14. The van der Waals surface area contributed by atoms with E-state index in [0.29, 0.717) is 10.0 Å². The molecule has 2 aromatic rings. The predicted molar refractivity (Wildman–Crippen MR) is 83.0 cm³/mol. The number of halogens is 5. The van der Waals surface area contributed by atoms with Crippen LogP contribution in [0, 0.1) is 10.8 Å². The van der Waals surface area contributed by atoms with Crippen LogP contribution in [0.25, 0.3) is 0 Å². The van der Waals surface area contributed by atoms with Crippen molar-refractivity contribution in [3.05, 3.63) is 56.6 Å². The Labute approximate surface area is 142 Å². The maximum absolute atomic E-state index is 12.8. The lowest BCUT2D eigenvalue weighted by Gasteiger charge is -2.13. The van der Waals surface area contributed by atoms with Crippen LogP contribution in [-0.4, -0.2) is 10.9 Å². The first-order chi connectivity index (χ1) is 10.7. The van der Waals surface area contributed by atoms with Crippen molar-refractivity contribution in [2.75, 3.05) is 0 Å². The number of aromatic nitrogens is 1. The first-order valence-corrected chi connectivity index (χ1v) is 7.34. The van der Waals surface area contributed by atoms with Crippen molar-refractivity contribution in [1.29, 1.82) is 10.8 Å². The molecule has 0 saturated carbocycles. The molecule has 2 rings (SSSR count). The SMILES string of the molecule is N=Cn1cc(Br)c(COc2ccc(Cl)c(C(F)(F)F)c2)cc1=N. The molecule has 23 heavy (non-hydrogen) atoms. The van der Waals surface area contributed by atoms with Gasteiger partial charge in [-0.05, 0) is 40.2 Å². The Bertz CT molecular complexity index is 805. The molecule has 122 valence electrons. The quantitative estimate of drug-likeness (QED) is 0.570. The van der Waals surface area contributed by atoms with Crippen molar-refractivity contribution in [3.63, 3.8) is 0 Å². The summed E-state index contributed by atoms with van der Waals surface area (Å²) in [7, 11) is 0. The number of hydrogen-bond acceptors (Lipinski definition) is 3. The number of benzene rings is 1. The van der Waals surface area contributed by atoms with Crippen LogP contribution in [0.2, 0.25) is 5.02 Å². The molecule has 0 radical (unpaired) electrons. The summed E-state index contributed by atoms with van der Waals surface area (Å²) in [6.45, 7) is -0.0375. The fourth-order valence-corrected chi connectivity index (χ4v) is 2.45. The van der Waals surface area contributed by atoms with Crippen molar-refractivity contribution in [3.8, 4) is 5.75 Å². The van der Waals surface area contributed by atoms with Crippen molar-refractivity contribution in [2.45, 2.75) is 12.8 Å². The average Bonchev–Trinajstić information content (AvgIpc) is 2.47. The molecule has 9 heteroatoms. The molecular weight excluding hydrogens is 399 g/mol. The Hall–Kier alpha value is -1.80. The monoisotopic (exact) mass is 407 g/mol. The number of alkyl halides is 3. The van der Waals surface area contributed by atoms with Gasteiger partial charge < -0.3 is 4.74 Å². The van der Waals surface area contributed by atoms with Gasteiger partial charge in [0, 0.05) is 16.2 Å². The molecule has 0 amide bonds. The molecule has 0 bridgehead atoms. The smallest absolute Gasteiger partial charge is 0.417 e. The largest absolute Gasteiger partial charge is 0.489 e. The standard InChI is InChI=1S/C14H10BrClF3N3O/c15-11-5-22(7-20)13(21)3-8(11)6-23-9-1-2-12(16)10(4-9)14(17,18)19/h1-5,7,20-21H,6H2. The number of ether oxygens (including phenoxy) is 1. The van der Waals surface area contributed by atoms with E-state index in [1.54, 1.807) is 0 Å². The van der Waals surface area contributed by atoms with Crippen molar-refractivity contribution >= 4 is 33.9 Å². The van der Waals surface area contributed by atoms with Gasteiger partial charge in [-0.1, -0.05) is 11.6 Å². The third-order valence-electron chi connectivity index (χ3n) is 2.92. The Morgan fingerprint density at radius 3 is 2.61 bits per heavy atom. The Balaban J connectivity index is 2.24. The van der Waals surface area contributed by atoms with Crippen LogP contribution in [0.1, 0.15) is 11.1 Å². The van der Waals surface area contributed by atoms with E-state index in [2.05, 4.69) is 15.9 Å². The van der Waals surface area contributed by atoms with E-state index in [0.717, 1.165) is 18.5 Å². The van der Waals surface area contributed by atoms with Gasteiger partial charge in [-0.15, -0.1) is 0 Å². The van der Waals surface area contributed by atoms with Crippen molar-refractivity contribution in [1.82, 2.24) is 4.57 Å². The molecule has 0 spiro atoms. The first kappa shape index (κ1) is 17.6. The maximum atomic E-state index is 12.8. The van der Waals surface area contributed by atoms with Crippen LogP contribution in [0.3, 0.4) is 0 Å². The molecule has 0 aliphatic carbocycles. The van der Waals surface area contributed by atoms with Crippen molar-refractivity contribution < 1.29 is 17.9 Å². The molecule has 0 atom stereocenters. The summed E-state index contributed by atoms with van der Waals surface area (Å²) in [5.74, 6) is 0.0175. The second-order valence-corrected chi connectivity index (χ2v) is 5.76. The number of nitrogens with one attached hydrogen (secondary N) is 2. The topological polar surface area (TPSA) is 61.9 Å². The summed E-state index contributed by atoms with van der Waals surface area (Å²) < 4.78 is 45.6. The zero-order valence-corrected chi connectivity index (χ0v) is 13.8. The van der Waals surface area contributed by atoms with Crippen LogP contribution in [-0.2, 0) is 12.8 Å². The highest BCUT2D eigenvalue weighted by Gasteiger charge is 2.33. The maximum Gasteiger partial charge on any atom is 0.417 e. The predicted octanol–water partition coefficient (Wildman–Crippen LogP) is 4.44. The third-order valence-corrected chi connectivity index (χ3v) is 3.97. The molecule has 1 aromatic carbocycles. The van der Waals surface area contributed by atoms with Gasteiger partial charge in [0.1, 0.15) is 17.8 Å². The minimum atomic E-state index is -4.56. The Morgan fingerprint density at radius 2 is 2.00 bits per heavy atom. The zero-order chi connectivity index (χ0) is 17.2. The molecule has 0 fully saturated rings. The molecule has 2 N–H and O–H groups in total. The normalized spacial score (nSPS) is 11.3. The molecule has 0 aliphatic heterocycles. The van der Waals surface area contributed by atoms with Crippen LogP contribution in [0.5, 0.6) is 5.75 Å². The lowest BCUT2D eigenvalue weighted by atomic mass is 10.2. The number of nitrogens with zero attached hydrogens (tertiary/aromatic N) is 1. The number of pyridine rings is 1. The highest BCUT2D eigenvalue weighted by atomic mass is 79.9. The average molecular weight is 409 g/mol. The van der Waals surface area contributed by atoms with E-state index in [4.69, 9.17) is 27.2 Å². The second kappa shape index (κ2) is 6.76. The zero-order valence-electron chi connectivity index (χ0n) is 11.4. The molecule has 4 nitrogen and oxygen atoms in total. The van der Waals surface area contributed by atoms with Gasteiger partial charge in [0.15, 0.2) is 0 Å².